The first-order valence-electron chi connectivity index (χ1n) is 9.38. The molecule has 29 heavy (non-hydrogen) atoms. The van der Waals surface area contributed by atoms with Crippen molar-refractivity contribution < 1.29 is 13.2 Å². The highest BCUT2D eigenvalue weighted by Crippen LogP contribution is 2.39. The van der Waals surface area contributed by atoms with E-state index >= 15 is 0 Å². The fourth-order valence-electron chi connectivity index (χ4n) is 3.24. The van der Waals surface area contributed by atoms with E-state index in [2.05, 4.69) is 28.6 Å². The molecule has 0 fully saturated rings. The molecule has 2 aromatic heterocycles. The lowest BCUT2D eigenvalue weighted by molar-refractivity contribution is 0.498. The van der Waals surface area contributed by atoms with E-state index < -0.39 is 23.0 Å². The van der Waals surface area contributed by atoms with Crippen LogP contribution in [-0.4, -0.2) is 32.7 Å². The van der Waals surface area contributed by atoms with Crippen molar-refractivity contribution in [3.63, 3.8) is 0 Å². The predicted molar refractivity (Wildman–Crippen MR) is 108 cm³/mol. The Hall–Kier alpha value is -2.61. The SMILES string of the molecule is C=CCN(CCCCCC)c1c(-c2c(F)ccc(F)c2F)c(Cl)nc2ncnn12. The summed E-state index contributed by atoms with van der Waals surface area (Å²) in [4.78, 5) is 9.96. The predicted octanol–water partition coefficient (Wildman–Crippen LogP) is 5.43. The first-order chi connectivity index (χ1) is 14.0. The molecule has 9 heteroatoms. The van der Waals surface area contributed by atoms with Crippen molar-refractivity contribution >= 4 is 23.2 Å². The van der Waals surface area contributed by atoms with Crippen LogP contribution >= 0.6 is 11.6 Å². The van der Waals surface area contributed by atoms with E-state index in [1.165, 1.54) is 10.8 Å². The van der Waals surface area contributed by atoms with Gasteiger partial charge in [-0.1, -0.05) is 43.9 Å². The first kappa shape index (κ1) is 21.1. The normalized spacial score (nSPS) is 11.2. The van der Waals surface area contributed by atoms with Gasteiger partial charge in [0.2, 0.25) is 0 Å². The summed E-state index contributed by atoms with van der Waals surface area (Å²) in [5.74, 6) is -3.00. The maximum atomic E-state index is 14.7. The highest BCUT2D eigenvalue weighted by Gasteiger charge is 2.27. The van der Waals surface area contributed by atoms with E-state index in [0.29, 0.717) is 13.1 Å². The van der Waals surface area contributed by atoms with Gasteiger partial charge in [0.25, 0.3) is 5.78 Å². The molecule has 0 N–H and O–H groups in total. The van der Waals surface area contributed by atoms with Crippen LogP contribution in [0.4, 0.5) is 19.0 Å². The summed E-state index contributed by atoms with van der Waals surface area (Å²) in [5.41, 5.74) is -0.658. The minimum atomic E-state index is -1.33. The average Bonchev–Trinajstić information content (AvgIpc) is 3.15. The number of aromatic nitrogens is 4. The van der Waals surface area contributed by atoms with Gasteiger partial charge in [-0.2, -0.15) is 19.6 Å². The summed E-state index contributed by atoms with van der Waals surface area (Å²) < 4.78 is 44.6. The Bertz CT molecular complexity index is 1020. The van der Waals surface area contributed by atoms with Gasteiger partial charge < -0.3 is 4.90 Å². The van der Waals surface area contributed by atoms with E-state index in [1.807, 2.05) is 4.90 Å². The van der Waals surface area contributed by atoms with E-state index in [-0.39, 0.29) is 22.3 Å². The zero-order valence-electron chi connectivity index (χ0n) is 16.0. The lowest BCUT2D eigenvalue weighted by Gasteiger charge is -2.26. The molecule has 0 radical (unpaired) electrons. The van der Waals surface area contributed by atoms with Crippen molar-refractivity contribution in [2.75, 3.05) is 18.0 Å². The molecule has 0 bridgehead atoms. The van der Waals surface area contributed by atoms with Crippen LogP contribution in [0.3, 0.4) is 0 Å². The maximum Gasteiger partial charge on any atom is 0.255 e. The summed E-state index contributed by atoms with van der Waals surface area (Å²) in [6, 6.07) is 1.59. The maximum absolute atomic E-state index is 14.7. The van der Waals surface area contributed by atoms with Gasteiger partial charge in [-0.25, -0.2) is 13.2 Å². The molecule has 0 aliphatic heterocycles. The third-order valence-electron chi connectivity index (χ3n) is 4.58. The lowest BCUT2D eigenvalue weighted by atomic mass is 10.1. The Morgan fingerprint density at radius 3 is 2.62 bits per heavy atom. The summed E-state index contributed by atoms with van der Waals surface area (Å²) in [5, 5.41) is 3.96. The second-order valence-corrected chi connectivity index (χ2v) is 6.94. The largest absolute Gasteiger partial charge is 0.352 e. The van der Waals surface area contributed by atoms with Gasteiger partial charge in [-0.3, -0.25) is 0 Å². The molecule has 0 aliphatic rings. The van der Waals surface area contributed by atoms with Crippen LogP contribution in [0, 0.1) is 17.5 Å². The second kappa shape index (κ2) is 9.26. The Labute approximate surface area is 171 Å². The third kappa shape index (κ3) is 4.22. The summed E-state index contributed by atoms with van der Waals surface area (Å²) >= 11 is 6.32. The van der Waals surface area contributed by atoms with Gasteiger partial charge in [0.05, 0.1) is 11.1 Å². The standard InChI is InChI=1S/C20H21ClF3N5/c1-3-5-6-7-11-28(10-4-2)19-16(15-13(22)8-9-14(23)17(15)24)18(21)27-20-25-12-26-29(19)20/h4,8-9,12H,2-3,5-7,10-11H2,1H3. The Morgan fingerprint density at radius 2 is 1.90 bits per heavy atom. The van der Waals surface area contributed by atoms with E-state index in [0.717, 1.165) is 37.8 Å². The quantitative estimate of drug-likeness (QED) is 0.199. The summed E-state index contributed by atoms with van der Waals surface area (Å²) in [6.45, 7) is 6.81. The monoisotopic (exact) mass is 423 g/mol. The zero-order chi connectivity index (χ0) is 21.0. The lowest BCUT2D eigenvalue weighted by Crippen LogP contribution is -2.28. The van der Waals surface area contributed by atoms with Gasteiger partial charge in [-0.05, 0) is 18.6 Å². The summed E-state index contributed by atoms with van der Waals surface area (Å²) in [6.07, 6.45) is 6.90. The van der Waals surface area contributed by atoms with Crippen LogP contribution in [0.25, 0.3) is 16.9 Å². The van der Waals surface area contributed by atoms with Gasteiger partial charge in [0, 0.05) is 13.1 Å². The molecule has 3 rings (SSSR count). The molecule has 1 aromatic carbocycles. The number of fused-ring (bicyclic) bond motifs is 1. The van der Waals surface area contributed by atoms with E-state index in [1.54, 1.807) is 6.08 Å². The number of hydrogen-bond donors (Lipinski definition) is 0. The van der Waals surface area contributed by atoms with Crippen LogP contribution in [-0.2, 0) is 0 Å². The molecule has 3 aromatic rings. The fourth-order valence-corrected chi connectivity index (χ4v) is 3.49. The van der Waals surface area contributed by atoms with Crippen LogP contribution < -0.4 is 4.90 Å². The molecule has 0 saturated heterocycles. The van der Waals surface area contributed by atoms with Crippen LogP contribution in [0.5, 0.6) is 0 Å². The molecule has 0 aliphatic carbocycles. The average molecular weight is 424 g/mol. The molecule has 0 unspecified atom stereocenters. The minimum Gasteiger partial charge on any atom is -0.352 e. The highest BCUT2D eigenvalue weighted by molar-refractivity contribution is 6.33. The summed E-state index contributed by atoms with van der Waals surface area (Å²) in [7, 11) is 0. The van der Waals surface area contributed by atoms with Crippen molar-refractivity contribution in [3.05, 3.63) is 53.7 Å². The van der Waals surface area contributed by atoms with Gasteiger partial charge in [0.1, 0.15) is 23.1 Å². The molecule has 5 nitrogen and oxygen atoms in total. The number of benzene rings is 1. The zero-order valence-corrected chi connectivity index (χ0v) is 16.8. The van der Waals surface area contributed by atoms with E-state index in [9.17, 15) is 13.2 Å². The number of unbranched alkanes of at least 4 members (excludes halogenated alkanes) is 3. The molecule has 0 amide bonds. The fraction of sp³-hybridized carbons (Fsp3) is 0.350. The van der Waals surface area contributed by atoms with Crippen LogP contribution in [0.2, 0.25) is 5.15 Å². The number of nitrogens with zero attached hydrogens (tertiary/aromatic N) is 5. The highest BCUT2D eigenvalue weighted by atomic mass is 35.5. The van der Waals surface area contributed by atoms with E-state index in [4.69, 9.17) is 11.6 Å². The number of hydrogen-bond acceptors (Lipinski definition) is 4. The molecule has 154 valence electrons. The topological polar surface area (TPSA) is 46.3 Å². The Morgan fingerprint density at radius 1 is 1.14 bits per heavy atom. The van der Waals surface area contributed by atoms with Crippen LogP contribution in [0.1, 0.15) is 32.6 Å². The van der Waals surface area contributed by atoms with Crippen molar-refractivity contribution in [1.82, 2.24) is 19.6 Å². The van der Waals surface area contributed by atoms with Crippen molar-refractivity contribution in [2.45, 2.75) is 32.6 Å². The second-order valence-electron chi connectivity index (χ2n) is 6.59. The minimum absolute atomic E-state index is 0.0727. The number of anilines is 1. The van der Waals surface area contributed by atoms with Crippen molar-refractivity contribution in [2.24, 2.45) is 0 Å². The van der Waals surface area contributed by atoms with Gasteiger partial charge in [0.15, 0.2) is 11.6 Å². The molecule has 0 saturated carbocycles. The number of rotatable bonds is 9. The van der Waals surface area contributed by atoms with Gasteiger partial charge in [-0.15, -0.1) is 6.58 Å². The van der Waals surface area contributed by atoms with Crippen LogP contribution in [0.15, 0.2) is 31.1 Å². The molecular weight excluding hydrogens is 403 g/mol. The van der Waals surface area contributed by atoms with Crippen molar-refractivity contribution in [1.29, 1.82) is 0 Å². The Balaban J connectivity index is 2.24. The Kier molecular flexibility index (Phi) is 6.74. The molecule has 2 heterocycles. The van der Waals surface area contributed by atoms with Gasteiger partial charge >= 0.3 is 0 Å². The third-order valence-corrected chi connectivity index (χ3v) is 4.86. The van der Waals surface area contributed by atoms with Crippen molar-refractivity contribution in [3.8, 4) is 11.1 Å². The first-order valence-corrected chi connectivity index (χ1v) is 9.76. The smallest absolute Gasteiger partial charge is 0.255 e. The number of halogens is 4. The molecule has 0 spiro atoms. The molecular formula is C20H21ClF3N5. The molecule has 0 atom stereocenters.